The highest BCUT2D eigenvalue weighted by atomic mass is 16.5. The van der Waals surface area contributed by atoms with Gasteiger partial charge in [-0.25, -0.2) is 0 Å². The largest absolute Gasteiger partial charge is 0.370 e. The molecule has 5 rings (SSSR count). The predicted molar refractivity (Wildman–Crippen MR) is 106 cm³/mol. The third kappa shape index (κ3) is 2.84. The van der Waals surface area contributed by atoms with Crippen molar-refractivity contribution >= 4 is 5.91 Å². The van der Waals surface area contributed by atoms with Crippen molar-refractivity contribution in [1.82, 2.24) is 14.8 Å². The minimum Gasteiger partial charge on any atom is -0.370 e. The molecule has 1 saturated carbocycles. The number of ether oxygens (including phenoxy) is 1. The lowest BCUT2D eigenvalue weighted by atomic mass is 9.73. The maximum atomic E-state index is 12.8. The summed E-state index contributed by atoms with van der Waals surface area (Å²) in [5.41, 5.74) is 1.69. The van der Waals surface area contributed by atoms with Gasteiger partial charge in [0.1, 0.15) is 5.56 Å². The normalized spacial score (nSPS) is 34.0. The van der Waals surface area contributed by atoms with E-state index >= 15 is 0 Å². The Morgan fingerprint density at radius 1 is 1.32 bits per heavy atom. The van der Waals surface area contributed by atoms with Crippen molar-refractivity contribution < 1.29 is 9.53 Å². The molecule has 1 spiro atoms. The third-order valence-corrected chi connectivity index (χ3v) is 7.66. The fraction of sp³-hybridized carbons (Fsp3) is 0.727. The van der Waals surface area contributed by atoms with Crippen LogP contribution < -0.4 is 10.9 Å². The van der Waals surface area contributed by atoms with Crippen molar-refractivity contribution in [3.63, 3.8) is 0 Å². The van der Waals surface area contributed by atoms with Crippen LogP contribution in [0.15, 0.2) is 10.9 Å². The number of aryl methyl sites for hydroxylation is 2. The number of aromatic nitrogens is 1. The number of rotatable bonds is 5. The number of amides is 1. The van der Waals surface area contributed by atoms with Crippen LogP contribution in [0.25, 0.3) is 0 Å². The molecule has 6 heteroatoms. The van der Waals surface area contributed by atoms with Crippen LogP contribution in [0.2, 0.25) is 0 Å². The minimum atomic E-state index is -0.247. The van der Waals surface area contributed by atoms with Gasteiger partial charge in [0, 0.05) is 50.8 Å². The molecule has 4 aliphatic rings. The maximum Gasteiger partial charge on any atom is 0.263 e. The molecule has 1 amide bonds. The molecule has 0 unspecified atom stereocenters. The molecule has 4 fully saturated rings. The van der Waals surface area contributed by atoms with E-state index in [-0.39, 0.29) is 28.7 Å². The first-order chi connectivity index (χ1) is 13.4. The Hall–Kier alpha value is -1.66. The molecule has 3 aliphatic heterocycles. The third-order valence-electron chi connectivity index (χ3n) is 7.66. The summed E-state index contributed by atoms with van der Waals surface area (Å²) in [7, 11) is 1.72. The minimum absolute atomic E-state index is 0.0187. The quantitative estimate of drug-likeness (QED) is 0.837. The van der Waals surface area contributed by atoms with E-state index in [0.717, 1.165) is 43.1 Å². The molecule has 152 valence electrons. The molecule has 4 heterocycles. The van der Waals surface area contributed by atoms with Gasteiger partial charge in [-0.2, -0.15) is 0 Å². The summed E-state index contributed by atoms with van der Waals surface area (Å²) in [4.78, 5) is 28.0. The van der Waals surface area contributed by atoms with Crippen LogP contribution in [0.4, 0.5) is 0 Å². The van der Waals surface area contributed by atoms with Gasteiger partial charge in [0.25, 0.3) is 11.5 Å². The number of carbonyl (C=O) groups excluding carboxylic acids is 1. The first-order valence-corrected chi connectivity index (χ1v) is 10.7. The predicted octanol–water partition coefficient (Wildman–Crippen LogP) is 1.62. The van der Waals surface area contributed by atoms with Crippen molar-refractivity contribution in [3.8, 4) is 0 Å². The Labute approximate surface area is 166 Å². The van der Waals surface area contributed by atoms with Gasteiger partial charge in [-0.1, -0.05) is 0 Å². The van der Waals surface area contributed by atoms with Crippen LogP contribution in [0.5, 0.6) is 0 Å². The van der Waals surface area contributed by atoms with Gasteiger partial charge in [0.15, 0.2) is 0 Å². The van der Waals surface area contributed by atoms with Crippen molar-refractivity contribution in [2.45, 2.75) is 51.2 Å². The summed E-state index contributed by atoms with van der Waals surface area (Å²) in [6.45, 7) is 7.69. The molecule has 1 aromatic heterocycles. The first-order valence-electron chi connectivity index (χ1n) is 10.7. The van der Waals surface area contributed by atoms with Gasteiger partial charge in [0.2, 0.25) is 0 Å². The molecule has 1 aromatic rings. The molecule has 1 aliphatic carbocycles. The summed E-state index contributed by atoms with van der Waals surface area (Å²) >= 11 is 0. The van der Waals surface area contributed by atoms with Gasteiger partial charge in [-0.15, -0.1) is 0 Å². The van der Waals surface area contributed by atoms with Gasteiger partial charge in [0.05, 0.1) is 11.7 Å². The second-order valence-electron chi connectivity index (χ2n) is 9.59. The van der Waals surface area contributed by atoms with E-state index < -0.39 is 0 Å². The van der Waals surface area contributed by atoms with E-state index in [9.17, 15) is 9.59 Å². The SMILES string of the molecule is Cc1cc(C)n(C)c(=O)c1C(=O)NC[C@H]1[C@H]2CN(CC3CC3)C[C@]23CC[C@H]1O3. The highest BCUT2D eigenvalue weighted by Gasteiger charge is 2.62. The Kier molecular flexibility index (Phi) is 4.22. The molecule has 6 nitrogen and oxygen atoms in total. The van der Waals surface area contributed by atoms with E-state index in [1.165, 1.54) is 19.4 Å². The van der Waals surface area contributed by atoms with Crippen molar-refractivity contribution in [1.29, 1.82) is 0 Å². The number of nitrogens with one attached hydrogen (secondary N) is 1. The molecule has 28 heavy (non-hydrogen) atoms. The zero-order valence-electron chi connectivity index (χ0n) is 17.2. The summed E-state index contributed by atoms with van der Waals surface area (Å²) in [5.74, 6) is 1.51. The van der Waals surface area contributed by atoms with E-state index in [1.54, 1.807) is 11.6 Å². The molecular formula is C22H31N3O3. The van der Waals surface area contributed by atoms with Crippen LogP contribution in [-0.2, 0) is 11.8 Å². The number of fused-ring (bicyclic) bond motifs is 1. The summed E-state index contributed by atoms with van der Waals surface area (Å²) in [6.07, 6.45) is 5.27. The number of carbonyl (C=O) groups is 1. The van der Waals surface area contributed by atoms with Crippen molar-refractivity contribution in [2.75, 3.05) is 26.2 Å². The van der Waals surface area contributed by atoms with Gasteiger partial charge < -0.3 is 14.6 Å². The number of likely N-dealkylation sites (tertiary alicyclic amines) is 1. The average molecular weight is 386 g/mol. The molecule has 1 N–H and O–H groups in total. The van der Waals surface area contributed by atoms with Gasteiger partial charge in [-0.3, -0.25) is 14.5 Å². The van der Waals surface area contributed by atoms with Crippen LogP contribution in [0.1, 0.15) is 47.3 Å². The second kappa shape index (κ2) is 6.42. The van der Waals surface area contributed by atoms with Gasteiger partial charge >= 0.3 is 0 Å². The Bertz CT molecular complexity index is 875. The smallest absolute Gasteiger partial charge is 0.263 e. The molecule has 0 aromatic carbocycles. The zero-order chi connectivity index (χ0) is 19.6. The summed E-state index contributed by atoms with van der Waals surface area (Å²) < 4.78 is 8.04. The highest BCUT2D eigenvalue weighted by molar-refractivity contribution is 5.95. The zero-order valence-corrected chi connectivity index (χ0v) is 17.2. The highest BCUT2D eigenvalue weighted by Crippen LogP contribution is 2.55. The monoisotopic (exact) mass is 385 g/mol. The van der Waals surface area contributed by atoms with Crippen LogP contribution in [0.3, 0.4) is 0 Å². The fourth-order valence-electron chi connectivity index (χ4n) is 5.92. The fourth-order valence-corrected chi connectivity index (χ4v) is 5.92. The Morgan fingerprint density at radius 3 is 2.86 bits per heavy atom. The molecular weight excluding hydrogens is 354 g/mol. The Morgan fingerprint density at radius 2 is 2.11 bits per heavy atom. The van der Waals surface area contributed by atoms with Crippen molar-refractivity contribution in [2.24, 2.45) is 24.8 Å². The lowest BCUT2D eigenvalue weighted by molar-refractivity contribution is 0.00244. The topological polar surface area (TPSA) is 63.6 Å². The molecule has 2 bridgehead atoms. The van der Waals surface area contributed by atoms with Crippen LogP contribution >= 0.6 is 0 Å². The van der Waals surface area contributed by atoms with Gasteiger partial charge in [-0.05, 0) is 57.1 Å². The Balaban J connectivity index is 1.29. The van der Waals surface area contributed by atoms with E-state index in [4.69, 9.17) is 4.74 Å². The number of nitrogens with zero attached hydrogens (tertiary/aromatic N) is 2. The molecule has 0 radical (unpaired) electrons. The molecule has 4 atom stereocenters. The first kappa shape index (κ1) is 18.4. The van der Waals surface area contributed by atoms with E-state index in [2.05, 4.69) is 10.2 Å². The number of pyridine rings is 1. The molecule has 3 saturated heterocycles. The summed E-state index contributed by atoms with van der Waals surface area (Å²) in [6, 6.07) is 1.90. The standard InChI is InChI=1S/C22H31N3O3/c1-13-8-14(2)24(3)21(27)19(13)20(26)23-9-16-17-11-25(10-15-4-5-15)12-22(17)7-6-18(16)28-22/h8,15-18H,4-7,9-12H2,1-3H3,(H,23,26)/t16-,17+,18+,22+/m0/s1. The average Bonchev–Trinajstić information content (AvgIpc) is 3.14. The van der Waals surface area contributed by atoms with E-state index in [0.29, 0.717) is 18.4 Å². The maximum absolute atomic E-state index is 12.8. The summed E-state index contributed by atoms with van der Waals surface area (Å²) in [5, 5.41) is 3.08. The second-order valence-corrected chi connectivity index (χ2v) is 9.59. The number of hydrogen-bond donors (Lipinski definition) is 1. The van der Waals surface area contributed by atoms with Crippen LogP contribution in [-0.4, -0.2) is 53.3 Å². The number of hydrogen-bond acceptors (Lipinski definition) is 4. The lowest BCUT2D eigenvalue weighted by Crippen LogP contribution is -2.43. The van der Waals surface area contributed by atoms with Crippen LogP contribution in [0, 0.1) is 31.6 Å². The van der Waals surface area contributed by atoms with Crippen molar-refractivity contribution in [3.05, 3.63) is 33.2 Å². The van der Waals surface area contributed by atoms with E-state index in [1.807, 2.05) is 19.9 Å². The lowest BCUT2D eigenvalue weighted by Gasteiger charge is -2.29.